The van der Waals surface area contributed by atoms with Crippen molar-refractivity contribution in [1.82, 2.24) is 14.3 Å². The molecule has 3 heterocycles. The molecular formula is C21H17N5O2S. The summed E-state index contributed by atoms with van der Waals surface area (Å²) in [7, 11) is 0. The molecule has 0 saturated heterocycles. The standard InChI is InChI=1S/C21H17N5O2S/c22-19(27)14-8-4-7-13-17(26-29-18(13)14)21-24-16-11-28-10-15(16)20(25-21)23-9-12-5-2-1-3-6-12/h1-8H,9-11H2,(H2,22,27)(H,23,24,25). The summed E-state index contributed by atoms with van der Waals surface area (Å²) in [5.41, 5.74) is 9.59. The summed E-state index contributed by atoms with van der Waals surface area (Å²) in [6, 6.07) is 15.5. The van der Waals surface area contributed by atoms with Crippen LogP contribution >= 0.6 is 11.5 Å². The third kappa shape index (κ3) is 3.22. The van der Waals surface area contributed by atoms with Crippen LogP contribution in [0, 0.1) is 0 Å². The number of aromatic nitrogens is 3. The van der Waals surface area contributed by atoms with E-state index in [0.29, 0.717) is 36.8 Å². The SMILES string of the molecule is NC(=O)c1cccc2c(-c3nc4c(c(NCc5ccccc5)n3)COC4)nsc12. The van der Waals surface area contributed by atoms with Gasteiger partial charge in [0.2, 0.25) is 5.91 Å². The van der Waals surface area contributed by atoms with E-state index in [1.807, 2.05) is 24.3 Å². The average Bonchev–Trinajstić information content (AvgIpc) is 3.39. The van der Waals surface area contributed by atoms with Gasteiger partial charge in [-0.25, -0.2) is 9.97 Å². The minimum atomic E-state index is -0.473. The van der Waals surface area contributed by atoms with Crippen molar-refractivity contribution in [1.29, 1.82) is 0 Å². The van der Waals surface area contributed by atoms with Crippen molar-refractivity contribution in [2.75, 3.05) is 5.32 Å². The maximum atomic E-state index is 11.7. The Morgan fingerprint density at radius 3 is 2.79 bits per heavy atom. The normalized spacial score (nSPS) is 12.8. The number of hydrogen-bond donors (Lipinski definition) is 2. The van der Waals surface area contributed by atoms with Gasteiger partial charge in [-0.2, -0.15) is 4.37 Å². The number of fused-ring (bicyclic) bond motifs is 2. The van der Waals surface area contributed by atoms with Crippen LogP contribution in [0.25, 0.3) is 21.6 Å². The smallest absolute Gasteiger partial charge is 0.250 e. The molecule has 1 aliphatic rings. The molecule has 0 radical (unpaired) electrons. The maximum absolute atomic E-state index is 11.7. The van der Waals surface area contributed by atoms with Gasteiger partial charge in [0.1, 0.15) is 11.5 Å². The van der Waals surface area contributed by atoms with Crippen molar-refractivity contribution < 1.29 is 9.53 Å². The van der Waals surface area contributed by atoms with Crippen LogP contribution in [0.1, 0.15) is 27.2 Å². The quantitative estimate of drug-likeness (QED) is 0.529. The summed E-state index contributed by atoms with van der Waals surface area (Å²) in [6.45, 7) is 1.57. The minimum Gasteiger partial charge on any atom is -0.370 e. The van der Waals surface area contributed by atoms with Crippen molar-refractivity contribution in [2.45, 2.75) is 19.8 Å². The van der Waals surface area contributed by atoms with Gasteiger partial charge in [0, 0.05) is 17.5 Å². The van der Waals surface area contributed by atoms with E-state index in [2.05, 4.69) is 26.8 Å². The van der Waals surface area contributed by atoms with E-state index in [1.54, 1.807) is 12.1 Å². The first-order chi connectivity index (χ1) is 14.2. The molecule has 0 bridgehead atoms. The van der Waals surface area contributed by atoms with Gasteiger partial charge in [-0.15, -0.1) is 0 Å². The van der Waals surface area contributed by atoms with E-state index in [4.69, 9.17) is 15.5 Å². The number of carbonyl (C=O) groups is 1. The fraction of sp³-hybridized carbons (Fsp3) is 0.143. The number of benzene rings is 2. The third-order valence-corrected chi connectivity index (χ3v) is 5.75. The molecule has 1 aliphatic heterocycles. The van der Waals surface area contributed by atoms with Crippen LogP contribution < -0.4 is 11.1 Å². The van der Waals surface area contributed by atoms with Crippen molar-refractivity contribution in [3.8, 4) is 11.5 Å². The molecule has 2 aromatic heterocycles. The molecule has 0 aliphatic carbocycles. The van der Waals surface area contributed by atoms with Gasteiger partial charge < -0.3 is 15.8 Å². The molecule has 7 nitrogen and oxygen atoms in total. The predicted octanol–water partition coefficient (Wildman–Crippen LogP) is 3.49. The Balaban J connectivity index is 1.57. The highest BCUT2D eigenvalue weighted by molar-refractivity contribution is 7.14. The van der Waals surface area contributed by atoms with Crippen LogP contribution in [0.3, 0.4) is 0 Å². The van der Waals surface area contributed by atoms with Crippen LogP contribution in [0.5, 0.6) is 0 Å². The second-order valence-electron chi connectivity index (χ2n) is 6.73. The highest BCUT2D eigenvalue weighted by Crippen LogP contribution is 2.34. The fourth-order valence-electron chi connectivity index (χ4n) is 3.40. The summed E-state index contributed by atoms with van der Waals surface area (Å²) in [6.07, 6.45) is 0. The third-order valence-electron chi connectivity index (χ3n) is 4.86. The molecule has 1 amide bonds. The predicted molar refractivity (Wildman–Crippen MR) is 111 cm³/mol. The largest absolute Gasteiger partial charge is 0.370 e. The molecule has 3 N–H and O–H groups in total. The summed E-state index contributed by atoms with van der Waals surface area (Å²) >= 11 is 1.23. The Hall–Kier alpha value is -3.36. The van der Waals surface area contributed by atoms with Gasteiger partial charge in [-0.3, -0.25) is 4.79 Å². The second kappa shape index (κ2) is 7.23. The first-order valence-electron chi connectivity index (χ1n) is 9.14. The molecule has 4 aromatic rings. The summed E-state index contributed by atoms with van der Waals surface area (Å²) in [4.78, 5) is 21.2. The van der Waals surface area contributed by atoms with Gasteiger partial charge in [0.05, 0.1) is 29.2 Å². The monoisotopic (exact) mass is 403 g/mol. The molecule has 5 rings (SSSR count). The molecule has 8 heteroatoms. The molecular weight excluding hydrogens is 386 g/mol. The summed E-state index contributed by atoms with van der Waals surface area (Å²) in [5, 5.41) is 4.23. The zero-order chi connectivity index (χ0) is 19.8. The lowest BCUT2D eigenvalue weighted by Crippen LogP contribution is -2.10. The zero-order valence-electron chi connectivity index (χ0n) is 15.4. The highest BCUT2D eigenvalue weighted by atomic mass is 32.1. The van der Waals surface area contributed by atoms with Crippen molar-refractivity contribution in [2.24, 2.45) is 5.73 Å². The lowest BCUT2D eigenvalue weighted by atomic mass is 10.1. The van der Waals surface area contributed by atoms with Gasteiger partial charge >= 0.3 is 0 Å². The Kier molecular flexibility index (Phi) is 4.42. The Bertz CT molecular complexity index is 1220. The number of rotatable bonds is 5. The minimum absolute atomic E-state index is 0.444. The summed E-state index contributed by atoms with van der Waals surface area (Å²) in [5.74, 6) is 0.788. The van der Waals surface area contributed by atoms with E-state index in [-0.39, 0.29) is 0 Å². The van der Waals surface area contributed by atoms with Crippen LogP contribution in [0.4, 0.5) is 5.82 Å². The van der Waals surface area contributed by atoms with Gasteiger partial charge in [0.15, 0.2) is 5.82 Å². The molecule has 0 spiro atoms. The van der Waals surface area contributed by atoms with Crippen molar-refractivity contribution in [3.05, 3.63) is 70.9 Å². The van der Waals surface area contributed by atoms with Crippen LogP contribution in [-0.2, 0) is 24.5 Å². The van der Waals surface area contributed by atoms with Gasteiger partial charge in [-0.05, 0) is 23.2 Å². The molecule has 144 valence electrons. The number of nitrogens with one attached hydrogen (secondary N) is 1. The molecule has 0 atom stereocenters. The van der Waals surface area contributed by atoms with E-state index in [9.17, 15) is 4.79 Å². The first-order valence-corrected chi connectivity index (χ1v) is 9.92. The Morgan fingerprint density at radius 2 is 1.97 bits per heavy atom. The Labute approximate surface area is 170 Å². The highest BCUT2D eigenvalue weighted by Gasteiger charge is 2.23. The zero-order valence-corrected chi connectivity index (χ0v) is 16.2. The van der Waals surface area contributed by atoms with Crippen LogP contribution in [0.15, 0.2) is 48.5 Å². The number of primary amides is 1. The lowest BCUT2D eigenvalue weighted by molar-refractivity contribution is 0.100. The first kappa shape index (κ1) is 17.7. The second-order valence-corrected chi connectivity index (χ2v) is 7.50. The van der Waals surface area contributed by atoms with Crippen LogP contribution in [0.2, 0.25) is 0 Å². The summed E-state index contributed by atoms with van der Waals surface area (Å²) < 4.78 is 10.9. The van der Waals surface area contributed by atoms with Crippen molar-refractivity contribution in [3.63, 3.8) is 0 Å². The molecule has 29 heavy (non-hydrogen) atoms. The number of ether oxygens (including phenoxy) is 1. The van der Waals surface area contributed by atoms with Crippen molar-refractivity contribution >= 4 is 33.3 Å². The number of nitrogens with zero attached hydrogens (tertiary/aromatic N) is 3. The molecule has 2 aromatic carbocycles. The number of hydrogen-bond acceptors (Lipinski definition) is 7. The number of amides is 1. The number of anilines is 1. The topological polar surface area (TPSA) is 103 Å². The molecule has 0 saturated carbocycles. The maximum Gasteiger partial charge on any atom is 0.250 e. The number of nitrogens with two attached hydrogens (primary N) is 1. The Morgan fingerprint density at radius 1 is 1.10 bits per heavy atom. The van der Waals surface area contributed by atoms with E-state index in [1.165, 1.54) is 11.5 Å². The molecule has 0 fully saturated rings. The van der Waals surface area contributed by atoms with E-state index >= 15 is 0 Å². The molecule has 0 unspecified atom stereocenters. The van der Waals surface area contributed by atoms with E-state index < -0.39 is 5.91 Å². The fourth-order valence-corrected chi connectivity index (χ4v) is 4.30. The van der Waals surface area contributed by atoms with E-state index in [0.717, 1.165) is 32.7 Å². The van der Waals surface area contributed by atoms with Gasteiger partial charge in [-0.1, -0.05) is 42.5 Å². The average molecular weight is 403 g/mol. The van der Waals surface area contributed by atoms with Crippen LogP contribution in [-0.4, -0.2) is 20.2 Å². The number of carbonyl (C=O) groups excluding carboxylic acids is 1. The lowest BCUT2D eigenvalue weighted by Gasteiger charge is -2.11. The van der Waals surface area contributed by atoms with Gasteiger partial charge in [0.25, 0.3) is 0 Å².